The first kappa shape index (κ1) is 13.8. The van der Waals surface area contributed by atoms with Crippen molar-refractivity contribution < 1.29 is 22.7 Å². The van der Waals surface area contributed by atoms with Crippen LogP contribution < -0.4 is 5.32 Å². The van der Waals surface area contributed by atoms with Crippen molar-refractivity contribution in [2.45, 2.75) is 37.5 Å². The van der Waals surface area contributed by atoms with Gasteiger partial charge in [-0.1, -0.05) is 0 Å². The lowest BCUT2D eigenvalue weighted by molar-refractivity contribution is -0.179. The summed E-state index contributed by atoms with van der Waals surface area (Å²) >= 11 is 0. The Kier molecular flexibility index (Phi) is 3.93. The maximum Gasteiger partial charge on any atom is 0.235 e. The quantitative estimate of drug-likeness (QED) is 0.774. The van der Waals surface area contributed by atoms with Gasteiger partial charge in [0.15, 0.2) is 15.6 Å². The van der Waals surface area contributed by atoms with Crippen molar-refractivity contribution in [2.75, 3.05) is 25.2 Å². The number of nitrogens with one attached hydrogen (secondary N) is 1. The zero-order valence-electron chi connectivity index (χ0n) is 10.5. The van der Waals surface area contributed by atoms with Gasteiger partial charge < -0.3 is 14.8 Å². The Bertz CT molecular complexity index is 403. The van der Waals surface area contributed by atoms with Gasteiger partial charge in [0.05, 0.1) is 13.2 Å². The fraction of sp³-hybridized carbons (Fsp3) is 0.909. The van der Waals surface area contributed by atoms with Crippen LogP contribution in [-0.2, 0) is 24.1 Å². The monoisotopic (exact) mass is 277 g/mol. The summed E-state index contributed by atoms with van der Waals surface area (Å²) in [5, 5.41) is 2.75. The van der Waals surface area contributed by atoms with Crippen molar-refractivity contribution in [1.29, 1.82) is 0 Å². The summed E-state index contributed by atoms with van der Waals surface area (Å²) in [4.78, 5) is 11.5. The van der Waals surface area contributed by atoms with Crippen LogP contribution >= 0.6 is 0 Å². The Balaban J connectivity index is 1.78. The summed E-state index contributed by atoms with van der Waals surface area (Å²) in [5.74, 6) is -1.31. The SMILES string of the molecule is CS(=O)(=O)CC(=O)NC1CCC2(CC1)OCCO2. The van der Waals surface area contributed by atoms with Crippen LogP contribution in [0.4, 0.5) is 0 Å². The molecule has 0 atom stereocenters. The number of amides is 1. The molecule has 1 N–H and O–H groups in total. The molecule has 18 heavy (non-hydrogen) atoms. The Morgan fingerprint density at radius 1 is 1.28 bits per heavy atom. The number of rotatable bonds is 3. The lowest BCUT2D eigenvalue weighted by Crippen LogP contribution is -2.45. The molecule has 1 aliphatic carbocycles. The van der Waals surface area contributed by atoms with E-state index >= 15 is 0 Å². The summed E-state index contributed by atoms with van der Waals surface area (Å²) < 4.78 is 33.1. The van der Waals surface area contributed by atoms with Crippen LogP contribution in [0, 0.1) is 0 Å². The van der Waals surface area contributed by atoms with Crippen LogP contribution in [0.25, 0.3) is 0 Å². The molecule has 1 saturated heterocycles. The molecule has 2 aliphatic rings. The number of hydrogen-bond donors (Lipinski definition) is 1. The smallest absolute Gasteiger partial charge is 0.235 e. The van der Waals surface area contributed by atoms with Gasteiger partial charge in [0, 0.05) is 25.1 Å². The van der Waals surface area contributed by atoms with Crippen LogP contribution in [0.2, 0.25) is 0 Å². The topological polar surface area (TPSA) is 81.7 Å². The average Bonchev–Trinajstić information content (AvgIpc) is 2.68. The molecule has 1 heterocycles. The van der Waals surface area contributed by atoms with Crippen molar-refractivity contribution in [3.05, 3.63) is 0 Å². The Morgan fingerprint density at radius 3 is 2.33 bits per heavy atom. The number of carbonyl (C=O) groups is 1. The lowest BCUT2D eigenvalue weighted by atomic mass is 9.90. The predicted molar refractivity (Wildman–Crippen MR) is 64.7 cm³/mol. The molecule has 0 unspecified atom stereocenters. The molecule has 1 spiro atoms. The third kappa shape index (κ3) is 3.66. The summed E-state index contributed by atoms with van der Waals surface area (Å²) in [6, 6.07) is 0.0256. The number of carbonyl (C=O) groups excluding carboxylic acids is 1. The summed E-state index contributed by atoms with van der Waals surface area (Å²) in [6.45, 7) is 1.26. The lowest BCUT2D eigenvalue weighted by Gasteiger charge is -2.35. The molecule has 104 valence electrons. The van der Waals surface area contributed by atoms with Gasteiger partial charge in [0.2, 0.25) is 5.91 Å². The minimum Gasteiger partial charge on any atom is -0.352 e. The van der Waals surface area contributed by atoms with Crippen molar-refractivity contribution in [3.63, 3.8) is 0 Å². The van der Waals surface area contributed by atoms with Gasteiger partial charge in [-0.15, -0.1) is 0 Å². The van der Waals surface area contributed by atoms with Crippen LogP contribution in [0.5, 0.6) is 0 Å². The van der Waals surface area contributed by atoms with Gasteiger partial charge in [-0.3, -0.25) is 4.79 Å². The Morgan fingerprint density at radius 2 is 1.83 bits per heavy atom. The van der Waals surface area contributed by atoms with E-state index in [1.54, 1.807) is 0 Å². The molecule has 1 saturated carbocycles. The maximum atomic E-state index is 11.5. The summed E-state index contributed by atoms with van der Waals surface area (Å²) in [6.07, 6.45) is 4.07. The predicted octanol–water partition coefficient (Wildman–Crippen LogP) is -0.167. The summed E-state index contributed by atoms with van der Waals surface area (Å²) in [7, 11) is -3.26. The van der Waals surface area contributed by atoms with Crippen molar-refractivity contribution in [2.24, 2.45) is 0 Å². The first-order chi connectivity index (χ1) is 8.39. The average molecular weight is 277 g/mol. The van der Waals surface area contributed by atoms with E-state index in [0.29, 0.717) is 13.2 Å². The van der Waals surface area contributed by atoms with Gasteiger partial charge >= 0.3 is 0 Å². The van der Waals surface area contributed by atoms with Gasteiger partial charge in [-0.05, 0) is 12.8 Å². The molecule has 0 bridgehead atoms. The van der Waals surface area contributed by atoms with E-state index in [1.807, 2.05) is 0 Å². The van der Waals surface area contributed by atoms with Gasteiger partial charge in [0.1, 0.15) is 5.75 Å². The number of sulfone groups is 1. The van der Waals surface area contributed by atoms with Crippen LogP contribution in [0.1, 0.15) is 25.7 Å². The summed E-state index contributed by atoms with van der Waals surface area (Å²) in [5.41, 5.74) is 0. The van der Waals surface area contributed by atoms with E-state index in [9.17, 15) is 13.2 Å². The van der Waals surface area contributed by atoms with Crippen LogP contribution in [0.3, 0.4) is 0 Å². The number of hydrogen-bond acceptors (Lipinski definition) is 5. The molecule has 6 nitrogen and oxygen atoms in total. The van der Waals surface area contributed by atoms with E-state index < -0.39 is 27.3 Å². The molecule has 0 aromatic carbocycles. The standard InChI is InChI=1S/C11H19NO5S/c1-18(14,15)8-10(13)12-9-2-4-11(5-3-9)16-6-7-17-11/h9H,2-8H2,1H3,(H,12,13). The van der Waals surface area contributed by atoms with Crippen molar-refractivity contribution in [1.82, 2.24) is 5.32 Å². The first-order valence-corrected chi connectivity index (χ1v) is 8.20. The highest BCUT2D eigenvalue weighted by Crippen LogP contribution is 2.35. The zero-order chi connectivity index (χ0) is 13.2. The van der Waals surface area contributed by atoms with E-state index in [1.165, 1.54) is 0 Å². The van der Waals surface area contributed by atoms with Crippen LogP contribution in [0.15, 0.2) is 0 Å². The van der Waals surface area contributed by atoms with E-state index in [4.69, 9.17) is 9.47 Å². The van der Waals surface area contributed by atoms with Crippen LogP contribution in [-0.4, -0.2) is 51.4 Å². The fourth-order valence-corrected chi connectivity index (χ4v) is 3.05. The van der Waals surface area contributed by atoms with Crippen molar-refractivity contribution >= 4 is 15.7 Å². The molecular weight excluding hydrogens is 258 g/mol. The van der Waals surface area contributed by atoms with Gasteiger partial charge in [-0.25, -0.2) is 8.42 Å². The number of ether oxygens (including phenoxy) is 2. The molecule has 0 aromatic heterocycles. The minimum atomic E-state index is -3.26. The molecule has 2 fully saturated rings. The largest absolute Gasteiger partial charge is 0.352 e. The normalized spacial score (nSPS) is 24.3. The van der Waals surface area contributed by atoms with E-state index in [0.717, 1.165) is 31.9 Å². The third-order valence-corrected chi connectivity index (χ3v) is 4.11. The highest BCUT2D eigenvalue weighted by atomic mass is 32.2. The van der Waals surface area contributed by atoms with E-state index in [2.05, 4.69) is 5.32 Å². The maximum absolute atomic E-state index is 11.5. The molecular formula is C11H19NO5S. The zero-order valence-corrected chi connectivity index (χ0v) is 11.3. The second-order valence-corrected chi connectivity index (χ2v) is 7.16. The second-order valence-electron chi connectivity index (χ2n) is 5.02. The van der Waals surface area contributed by atoms with Crippen molar-refractivity contribution in [3.8, 4) is 0 Å². The first-order valence-electron chi connectivity index (χ1n) is 6.14. The Labute approximate surface area is 107 Å². The molecule has 7 heteroatoms. The highest BCUT2D eigenvalue weighted by molar-refractivity contribution is 7.91. The molecule has 1 aliphatic heterocycles. The molecule has 1 amide bonds. The Hall–Kier alpha value is -0.660. The third-order valence-electron chi connectivity index (χ3n) is 3.32. The highest BCUT2D eigenvalue weighted by Gasteiger charge is 2.40. The molecule has 0 aromatic rings. The molecule has 2 rings (SSSR count). The minimum absolute atomic E-state index is 0.0256. The van der Waals surface area contributed by atoms with Gasteiger partial charge in [-0.2, -0.15) is 0 Å². The van der Waals surface area contributed by atoms with Gasteiger partial charge in [0.25, 0.3) is 0 Å². The molecule has 0 radical (unpaired) electrons. The second kappa shape index (κ2) is 5.14. The van der Waals surface area contributed by atoms with E-state index in [-0.39, 0.29) is 6.04 Å². The fourth-order valence-electron chi connectivity index (χ4n) is 2.50.